The predicted octanol–water partition coefficient (Wildman–Crippen LogP) is 3.46. The van der Waals surface area contributed by atoms with Crippen LogP contribution in [0.25, 0.3) is 0 Å². The molecule has 1 aromatic heterocycles. The number of rotatable bonds is 3. The van der Waals surface area contributed by atoms with Gasteiger partial charge in [0.05, 0.1) is 11.0 Å². The minimum absolute atomic E-state index is 0.0135. The average molecular weight is 348 g/mol. The number of halogens is 1. The molecule has 2 aliphatic rings. The topological polar surface area (TPSA) is 45.2 Å². The first-order chi connectivity index (χ1) is 11.2. The van der Waals surface area contributed by atoms with Crippen LogP contribution in [0.1, 0.15) is 45.9 Å². The highest BCUT2D eigenvalue weighted by atomic mass is 35.5. The second kappa shape index (κ2) is 6.23. The number of amides is 1. The number of carbonyl (C=O) groups excluding carboxylic acids is 1. The Morgan fingerprint density at radius 3 is 2.96 bits per heavy atom. The Morgan fingerprint density at radius 1 is 1.35 bits per heavy atom. The SMILES string of the molecule is O=C(c1csc(C2CC2)n1)N1CCNCC1c1ccccc1Cl. The summed E-state index contributed by atoms with van der Waals surface area (Å²) in [6, 6.07) is 7.71. The van der Waals surface area contributed by atoms with E-state index in [-0.39, 0.29) is 11.9 Å². The molecule has 1 saturated heterocycles. The number of carbonyl (C=O) groups is 1. The van der Waals surface area contributed by atoms with Crippen molar-refractivity contribution in [2.75, 3.05) is 19.6 Å². The molecule has 1 N–H and O–H groups in total. The first-order valence-electron chi connectivity index (χ1n) is 7.95. The van der Waals surface area contributed by atoms with E-state index < -0.39 is 0 Å². The van der Waals surface area contributed by atoms with Gasteiger partial charge in [-0.1, -0.05) is 29.8 Å². The normalized spacial score (nSPS) is 21.4. The molecule has 1 aromatic carbocycles. The molecule has 0 radical (unpaired) electrons. The van der Waals surface area contributed by atoms with Gasteiger partial charge in [0.1, 0.15) is 5.69 Å². The molecular formula is C17H18ClN3OS. The van der Waals surface area contributed by atoms with E-state index in [2.05, 4.69) is 10.3 Å². The molecule has 0 spiro atoms. The second-order valence-corrected chi connectivity index (χ2v) is 7.38. The molecule has 6 heteroatoms. The standard InChI is InChI=1S/C17H18ClN3OS/c18-13-4-2-1-3-12(13)15-9-19-7-8-21(15)17(22)14-10-23-16(20-14)11-5-6-11/h1-4,10-11,15,19H,5-9H2. The van der Waals surface area contributed by atoms with Gasteiger partial charge in [0.2, 0.25) is 0 Å². The Kier molecular flexibility index (Phi) is 4.09. The first kappa shape index (κ1) is 15.1. The van der Waals surface area contributed by atoms with E-state index in [9.17, 15) is 4.79 Å². The molecule has 2 fully saturated rings. The number of thiazole rings is 1. The van der Waals surface area contributed by atoms with E-state index in [4.69, 9.17) is 11.6 Å². The fourth-order valence-corrected chi connectivity index (χ4v) is 4.25. The lowest BCUT2D eigenvalue weighted by atomic mass is 10.0. The number of piperazine rings is 1. The van der Waals surface area contributed by atoms with E-state index in [0.717, 1.165) is 23.7 Å². The summed E-state index contributed by atoms with van der Waals surface area (Å²) in [6.07, 6.45) is 2.41. The lowest BCUT2D eigenvalue weighted by Crippen LogP contribution is -2.48. The van der Waals surface area contributed by atoms with Crippen LogP contribution in [-0.4, -0.2) is 35.4 Å². The van der Waals surface area contributed by atoms with Crippen LogP contribution in [0.15, 0.2) is 29.6 Å². The Morgan fingerprint density at radius 2 is 2.17 bits per heavy atom. The van der Waals surface area contributed by atoms with Crippen LogP contribution in [0.3, 0.4) is 0 Å². The maximum absolute atomic E-state index is 13.0. The van der Waals surface area contributed by atoms with Gasteiger partial charge >= 0.3 is 0 Å². The highest BCUT2D eigenvalue weighted by molar-refractivity contribution is 7.10. The third-order valence-electron chi connectivity index (χ3n) is 4.44. The van der Waals surface area contributed by atoms with Crippen molar-refractivity contribution >= 4 is 28.8 Å². The van der Waals surface area contributed by atoms with Gasteiger partial charge in [-0.3, -0.25) is 4.79 Å². The molecule has 2 aromatic rings. The molecule has 1 atom stereocenters. The monoisotopic (exact) mass is 347 g/mol. The molecule has 2 heterocycles. The Balaban J connectivity index is 1.61. The third-order valence-corrected chi connectivity index (χ3v) is 5.79. The summed E-state index contributed by atoms with van der Waals surface area (Å²) in [5.74, 6) is 0.600. The van der Waals surface area contributed by atoms with Crippen LogP contribution in [0.2, 0.25) is 5.02 Å². The van der Waals surface area contributed by atoms with Gasteiger partial charge in [0, 0.05) is 36.0 Å². The number of hydrogen-bond acceptors (Lipinski definition) is 4. The van der Waals surface area contributed by atoms with Crippen molar-refractivity contribution in [2.45, 2.75) is 24.8 Å². The van der Waals surface area contributed by atoms with Crippen molar-refractivity contribution in [2.24, 2.45) is 0 Å². The fraction of sp³-hybridized carbons (Fsp3) is 0.412. The number of benzene rings is 1. The van der Waals surface area contributed by atoms with Gasteiger partial charge in [-0.2, -0.15) is 0 Å². The van der Waals surface area contributed by atoms with E-state index in [1.807, 2.05) is 34.5 Å². The minimum Gasteiger partial charge on any atom is -0.328 e. The van der Waals surface area contributed by atoms with Gasteiger partial charge < -0.3 is 10.2 Å². The summed E-state index contributed by atoms with van der Waals surface area (Å²) in [4.78, 5) is 19.4. The van der Waals surface area contributed by atoms with Crippen LogP contribution in [0, 0.1) is 0 Å². The summed E-state index contributed by atoms with van der Waals surface area (Å²) in [6.45, 7) is 2.19. The van der Waals surface area contributed by atoms with Gasteiger partial charge in [-0.25, -0.2) is 4.98 Å². The third kappa shape index (κ3) is 3.01. The molecule has 120 valence electrons. The average Bonchev–Trinajstić information content (AvgIpc) is 3.32. The van der Waals surface area contributed by atoms with E-state index in [1.54, 1.807) is 11.3 Å². The van der Waals surface area contributed by atoms with Crippen LogP contribution in [0.5, 0.6) is 0 Å². The summed E-state index contributed by atoms with van der Waals surface area (Å²) < 4.78 is 0. The lowest BCUT2D eigenvalue weighted by molar-refractivity contribution is 0.0629. The van der Waals surface area contributed by atoms with E-state index in [0.29, 0.717) is 23.2 Å². The minimum atomic E-state index is -0.0453. The van der Waals surface area contributed by atoms with Gasteiger partial charge in [0.25, 0.3) is 5.91 Å². The van der Waals surface area contributed by atoms with Crippen molar-refractivity contribution in [1.29, 1.82) is 0 Å². The number of aromatic nitrogens is 1. The molecule has 1 saturated carbocycles. The number of hydrogen-bond donors (Lipinski definition) is 1. The van der Waals surface area contributed by atoms with Crippen LogP contribution < -0.4 is 5.32 Å². The second-order valence-electron chi connectivity index (χ2n) is 6.09. The van der Waals surface area contributed by atoms with Crippen molar-refractivity contribution in [3.8, 4) is 0 Å². The Labute approximate surface area is 144 Å². The maximum Gasteiger partial charge on any atom is 0.273 e. The van der Waals surface area contributed by atoms with E-state index >= 15 is 0 Å². The molecule has 4 rings (SSSR count). The number of nitrogens with zero attached hydrogens (tertiary/aromatic N) is 2. The van der Waals surface area contributed by atoms with E-state index in [1.165, 1.54) is 12.8 Å². The van der Waals surface area contributed by atoms with Gasteiger partial charge in [0.15, 0.2) is 0 Å². The zero-order valence-electron chi connectivity index (χ0n) is 12.7. The van der Waals surface area contributed by atoms with Crippen molar-refractivity contribution in [3.63, 3.8) is 0 Å². The molecule has 1 aliphatic heterocycles. The molecule has 1 amide bonds. The van der Waals surface area contributed by atoms with Crippen molar-refractivity contribution in [1.82, 2.24) is 15.2 Å². The van der Waals surface area contributed by atoms with Gasteiger partial charge in [-0.15, -0.1) is 11.3 Å². The lowest BCUT2D eigenvalue weighted by Gasteiger charge is -2.36. The highest BCUT2D eigenvalue weighted by Gasteiger charge is 2.32. The molecule has 0 bridgehead atoms. The zero-order valence-corrected chi connectivity index (χ0v) is 14.2. The predicted molar refractivity (Wildman–Crippen MR) is 92.2 cm³/mol. The van der Waals surface area contributed by atoms with Gasteiger partial charge in [-0.05, 0) is 24.5 Å². The molecule has 1 aliphatic carbocycles. The number of nitrogens with one attached hydrogen (secondary N) is 1. The van der Waals surface area contributed by atoms with Crippen molar-refractivity contribution in [3.05, 3.63) is 50.9 Å². The Hall–Kier alpha value is -1.43. The molecular weight excluding hydrogens is 330 g/mol. The molecule has 4 nitrogen and oxygen atoms in total. The summed E-state index contributed by atoms with van der Waals surface area (Å²) >= 11 is 7.96. The van der Waals surface area contributed by atoms with Crippen LogP contribution >= 0.6 is 22.9 Å². The summed E-state index contributed by atoms with van der Waals surface area (Å²) in [7, 11) is 0. The maximum atomic E-state index is 13.0. The quantitative estimate of drug-likeness (QED) is 0.924. The molecule has 23 heavy (non-hydrogen) atoms. The largest absolute Gasteiger partial charge is 0.328 e. The first-order valence-corrected chi connectivity index (χ1v) is 9.21. The fourth-order valence-electron chi connectivity index (χ4n) is 3.02. The Bertz CT molecular complexity index is 728. The summed E-state index contributed by atoms with van der Waals surface area (Å²) in [5.41, 5.74) is 1.57. The van der Waals surface area contributed by atoms with Crippen LogP contribution in [0.4, 0.5) is 0 Å². The zero-order chi connectivity index (χ0) is 15.8. The van der Waals surface area contributed by atoms with Crippen molar-refractivity contribution < 1.29 is 4.79 Å². The molecule has 1 unspecified atom stereocenters. The summed E-state index contributed by atoms with van der Waals surface area (Å²) in [5, 5.41) is 7.08. The smallest absolute Gasteiger partial charge is 0.273 e. The highest BCUT2D eigenvalue weighted by Crippen LogP contribution is 2.41. The van der Waals surface area contributed by atoms with Crippen LogP contribution in [-0.2, 0) is 0 Å².